The number of amides is 1. The number of rotatable bonds is 6. The average Bonchev–Trinajstić information content (AvgIpc) is 2.82. The van der Waals surface area contributed by atoms with E-state index in [4.69, 9.17) is 4.74 Å². The van der Waals surface area contributed by atoms with Gasteiger partial charge in [-0.25, -0.2) is 0 Å². The molecule has 0 aromatic heterocycles. The fourth-order valence-electron chi connectivity index (χ4n) is 2.22. The molecule has 104 valence electrons. The van der Waals surface area contributed by atoms with Crippen LogP contribution < -0.4 is 10.6 Å². The second-order valence-corrected chi connectivity index (χ2v) is 4.75. The summed E-state index contributed by atoms with van der Waals surface area (Å²) in [6.07, 6.45) is 0.682. The number of benzene rings is 1. The second-order valence-electron chi connectivity index (χ2n) is 4.75. The summed E-state index contributed by atoms with van der Waals surface area (Å²) < 4.78 is 4.83. The molecule has 5 nitrogen and oxygen atoms in total. The number of hydrogen-bond acceptors (Lipinski definition) is 4. The number of carbonyl (C=O) groups excluding carboxylic acids is 1. The molecule has 2 atom stereocenters. The summed E-state index contributed by atoms with van der Waals surface area (Å²) in [7, 11) is 1.54. The molecule has 3 N–H and O–H groups in total. The van der Waals surface area contributed by atoms with Crippen molar-refractivity contribution < 1.29 is 14.6 Å². The molecular weight excluding hydrogens is 244 g/mol. The van der Waals surface area contributed by atoms with E-state index < -0.39 is 6.10 Å². The van der Waals surface area contributed by atoms with Crippen molar-refractivity contribution in [1.82, 2.24) is 5.32 Å². The Morgan fingerprint density at radius 2 is 2.37 bits per heavy atom. The van der Waals surface area contributed by atoms with E-state index >= 15 is 0 Å². The lowest BCUT2D eigenvalue weighted by molar-refractivity contribution is -0.121. The number of aliphatic hydroxyl groups is 1. The quantitative estimate of drug-likeness (QED) is 0.701. The van der Waals surface area contributed by atoms with Gasteiger partial charge in [0, 0.05) is 25.8 Å². The first kappa shape index (κ1) is 13.8. The molecule has 0 spiro atoms. The first-order valence-corrected chi connectivity index (χ1v) is 6.50. The van der Waals surface area contributed by atoms with Gasteiger partial charge in [0.2, 0.25) is 5.91 Å². The van der Waals surface area contributed by atoms with Gasteiger partial charge in [-0.05, 0) is 18.1 Å². The van der Waals surface area contributed by atoms with Gasteiger partial charge in [0.25, 0.3) is 0 Å². The maximum absolute atomic E-state index is 12.0. The predicted molar refractivity (Wildman–Crippen MR) is 73.1 cm³/mol. The van der Waals surface area contributed by atoms with Crippen LogP contribution in [0.1, 0.15) is 12.0 Å². The smallest absolute Gasteiger partial charge is 0.242 e. The molecule has 2 rings (SSSR count). The second kappa shape index (κ2) is 6.54. The zero-order valence-corrected chi connectivity index (χ0v) is 11.1. The van der Waals surface area contributed by atoms with E-state index in [1.807, 2.05) is 24.3 Å². The SMILES string of the molecule is COCC(O)CCNC(=O)C1Cc2ccccc2N1. The largest absolute Gasteiger partial charge is 0.391 e. The molecule has 1 aliphatic heterocycles. The van der Waals surface area contributed by atoms with Crippen LogP contribution in [0.4, 0.5) is 5.69 Å². The van der Waals surface area contributed by atoms with E-state index in [0.29, 0.717) is 26.0 Å². The normalized spacial score (nSPS) is 18.5. The van der Waals surface area contributed by atoms with Crippen LogP contribution >= 0.6 is 0 Å². The molecule has 1 amide bonds. The molecule has 1 aromatic carbocycles. The van der Waals surface area contributed by atoms with Gasteiger partial charge in [-0.1, -0.05) is 18.2 Å². The topological polar surface area (TPSA) is 70.6 Å². The Labute approximate surface area is 113 Å². The van der Waals surface area contributed by atoms with Gasteiger partial charge in [-0.15, -0.1) is 0 Å². The zero-order chi connectivity index (χ0) is 13.7. The van der Waals surface area contributed by atoms with Crippen LogP contribution in [0.2, 0.25) is 0 Å². The van der Waals surface area contributed by atoms with Gasteiger partial charge in [0.15, 0.2) is 0 Å². The van der Waals surface area contributed by atoms with Crippen molar-refractivity contribution in [3.63, 3.8) is 0 Å². The molecule has 5 heteroatoms. The number of nitrogens with one attached hydrogen (secondary N) is 2. The summed E-state index contributed by atoms with van der Waals surface area (Å²) in [4.78, 5) is 12.0. The van der Waals surface area contributed by atoms with Crippen molar-refractivity contribution in [3.8, 4) is 0 Å². The fraction of sp³-hybridized carbons (Fsp3) is 0.500. The summed E-state index contributed by atoms with van der Waals surface area (Å²) in [5.41, 5.74) is 2.20. The third-order valence-electron chi connectivity index (χ3n) is 3.22. The van der Waals surface area contributed by atoms with Crippen LogP contribution in [-0.4, -0.2) is 43.4 Å². The summed E-state index contributed by atoms with van der Waals surface area (Å²) in [6.45, 7) is 0.751. The highest BCUT2D eigenvalue weighted by atomic mass is 16.5. The number of para-hydroxylation sites is 1. The van der Waals surface area contributed by atoms with E-state index in [2.05, 4.69) is 10.6 Å². The predicted octanol–water partition coefficient (Wildman–Crippen LogP) is 0.537. The Balaban J connectivity index is 1.74. The van der Waals surface area contributed by atoms with E-state index in [1.165, 1.54) is 5.56 Å². The van der Waals surface area contributed by atoms with Crippen molar-refractivity contribution in [2.75, 3.05) is 25.6 Å². The minimum Gasteiger partial charge on any atom is -0.391 e. The Morgan fingerprint density at radius 1 is 1.58 bits per heavy atom. The number of carbonyl (C=O) groups is 1. The van der Waals surface area contributed by atoms with Crippen LogP contribution in [0.3, 0.4) is 0 Å². The first-order valence-electron chi connectivity index (χ1n) is 6.50. The first-order chi connectivity index (χ1) is 9.20. The molecule has 0 saturated heterocycles. The van der Waals surface area contributed by atoms with Crippen molar-refractivity contribution in [1.29, 1.82) is 0 Å². The highest BCUT2D eigenvalue weighted by Gasteiger charge is 2.25. The van der Waals surface area contributed by atoms with Gasteiger partial charge >= 0.3 is 0 Å². The lowest BCUT2D eigenvalue weighted by Crippen LogP contribution is -2.39. The molecule has 0 fully saturated rings. The Morgan fingerprint density at radius 3 is 3.11 bits per heavy atom. The van der Waals surface area contributed by atoms with Gasteiger partial charge in [0.1, 0.15) is 6.04 Å². The summed E-state index contributed by atoms with van der Waals surface area (Å²) in [6, 6.07) is 7.72. The number of fused-ring (bicyclic) bond motifs is 1. The standard InChI is InChI=1S/C14H20N2O3/c1-19-9-11(17)6-7-15-14(18)13-8-10-4-2-3-5-12(10)16-13/h2-5,11,13,16-17H,6-9H2,1H3,(H,15,18). The van der Waals surface area contributed by atoms with Crippen LogP contribution in [0.5, 0.6) is 0 Å². The summed E-state index contributed by atoms with van der Waals surface area (Å²) >= 11 is 0. The monoisotopic (exact) mass is 264 g/mol. The van der Waals surface area contributed by atoms with Gasteiger partial charge in [-0.2, -0.15) is 0 Å². The van der Waals surface area contributed by atoms with Crippen molar-refractivity contribution in [2.45, 2.75) is 25.0 Å². The van der Waals surface area contributed by atoms with Crippen LogP contribution in [0.15, 0.2) is 24.3 Å². The Kier molecular flexibility index (Phi) is 4.76. The van der Waals surface area contributed by atoms with Gasteiger partial charge < -0.3 is 20.5 Å². The van der Waals surface area contributed by atoms with Crippen molar-refractivity contribution >= 4 is 11.6 Å². The van der Waals surface area contributed by atoms with Crippen LogP contribution in [0, 0.1) is 0 Å². The van der Waals surface area contributed by atoms with E-state index in [9.17, 15) is 9.90 Å². The minimum absolute atomic E-state index is 0.0270. The highest BCUT2D eigenvalue weighted by molar-refractivity contribution is 5.87. The number of aliphatic hydroxyl groups excluding tert-OH is 1. The molecule has 0 radical (unpaired) electrons. The summed E-state index contributed by atoms with van der Waals surface area (Å²) in [5, 5.41) is 15.5. The van der Waals surface area contributed by atoms with E-state index in [-0.39, 0.29) is 11.9 Å². The van der Waals surface area contributed by atoms with Gasteiger partial charge in [-0.3, -0.25) is 4.79 Å². The lowest BCUT2D eigenvalue weighted by atomic mass is 10.1. The number of anilines is 1. The molecular formula is C14H20N2O3. The third-order valence-corrected chi connectivity index (χ3v) is 3.22. The minimum atomic E-state index is -0.529. The fourth-order valence-corrected chi connectivity index (χ4v) is 2.22. The Bertz CT molecular complexity index is 411. The molecule has 0 bridgehead atoms. The summed E-state index contributed by atoms with van der Waals surface area (Å²) in [5.74, 6) is -0.0270. The molecule has 1 aromatic rings. The maximum atomic E-state index is 12.0. The maximum Gasteiger partial charge on any atom is 0.242 e. The highest BCUT2D eigenvalue weighted by Crippen LogP contribution is 2.24. The number of methoxy groups -OCH3 is 1. The molecule has 0 aliphatic carbocycles. The zero-order valence-electron chi connectivity index (χ0n) is 11.1. The van der Waals surface area contributed by atoms with E-state index in [0.717, 1.165) is 5.69 Å². The van der Waals surface area contributed by atoms with Crippen LogP contribution in [0.25, 0.3) is 0 Å². The molecule has 2 unspecified atom stereocenters. The third kappa shape index (κ3) is 3.68. The molecule has 1 heterocycles. The molecule has 19 heavy (non-hydrogen) atoms. The van der Waals surface area contributed by atoms with E-state index in [1.54, 1.807) is 7.11 Å². The number of ether oxygens (including phenoxy) is 1. The molecule has 0 saturated carbocycles. The lowest BCUT2D eigenvalue weighted by Gasteiger charge is -2.13. The Hall–Kier alpha value is -1.59. The van der Waals surface area contributed by atoms with Crippen molar-refractivity contribution in [3.05, 3.63) is 29.8 Å². The number of hydrogen-bond donors (Lipinski definition) is 3. The average molecular weight is 264 g/mol. The van der Waals surface area contributed by atoms with Gasteiger partial charge in [0.05, 0.1) is 12.7 Å². The van der Waals surface area contributed by atoms with Crippen LogP contribution in [-0.2, 0) is 16.0 Å². The van der Waals surface area contributed by atoms with Crippen molar-refractivity contribution in [2.24, 2.45) is 0 Å². The molecule has 1 aliphatic rings.